The maximum absolute atomic E-state index is 12.6. The molecule has 1 atom stereocenters. The smallest absolute Gasteiger partial charge is 0.339 e. The van der Waals surface area contributed by atoms with Crippen LogP contribution in [0.25, 0.3) is 0 Å². The second-order valence-corrected chi connectivity index (χ2v) is 9.39. The molecule has 0 radical (unpaired) electrons. The fraction of sp³-hybridized carbons (Fsp3) is 0.448. The number of aryl methyl sites for hydroxylation is 1. The lowest BCUT2D eigenvalue weighted by molar-refractivity contribution is -0.694. The summed E-state index contributed by atoms with van der Waals surface area (Å²) in [5.41, 5.74) is 3.09. The normalized spacial score (nSPS) is 15.1. The number of halogens is 1. The van der Waals surface area contributed by atoms with E-state index in [2.05, 4.69) is 58.8 Å². The van der Waals surface area contributed by atoms with Gasteiger partial charge in [0, 0.05) is 13.3 Å². The molecule has 0 saturated heterocycles. The van der Waals surface area contributed by atoms with E-state index in [1.165, 1.54) is 31.2 Å². The minimum Gasteiger partial charge on any atom is -1.00 e. The summed E-state index contributed by atoms with van der Waals surface area (Å²) in [6.07, 6.45) is 10.9. The number of rotatable bonds is 9. The molecule has 0 bridgehead atoms. The molecule has 1 aliphatic rings. The molecule has 0 amide bonds. The van der Waals surface area contributed by atoms with Gasteiger partial charge in [0.15, 0.2) is 6.10 Å². The van der Waals surface area contributed by atoms with E-state index in [-0.39, 0.29) is 23.6 Å². The first-order valence-electron chi connectivity index (χ1n) is 12.7. The number of hydrogen-bond donors (Lipinski definition) is 1. The third-order valence-corrected chi connectivity index (χ3v) is 7.05. The van der Waals surface area contributed by atoms with Crippen LogP contribution in [0.1, 0.15) is 79.5 Å². The molecule has 0 aliphatic heterocycles. The van der Waals surface area contributed by atoms with Crippen LogP contribution in [-0.2, 0) is 22.6 Å². The highest BCUT2D eigenvalue weighted by Gasteiger charge is 2.25. The van der Waals surface area contributed by atoms with Gasteiger partial charge >= 0.3 is 5.97 Å². The zero-order valence-electron chi connectivity index (χ0n) is 20.6. The van der Waals surface area contributed by atoms with Crippen LogP contribution >= 0.6 is 0 Å². The Balaban J connectivity index is 0.00000342. The Hall–Kier alpha value is -2.44. The molecule has 1 heterocycles. The Morgan fingerprint density at radius 3 is 2.49 bits per heavy atom. The molecule has 2 aromatic carbocycles. The van der Waals surface area contributed by atoms with Crippen LogP contribution in [0.5, 0.6) is 0 Å². The number of ether oxygens (including phenoxy) is 1. The lowest BCUT2D eigenvalue weighted by Gasteiger charge is -2.21. The molecular formula is C29H37BrN2O3. The topological polar surface area (TPSA) is 55.3 Å². The number of hydrogen-bond acceptors (Lipinski definition) is 3. The minimum atomic E-state index is -1.22. The SMILES string of the molecule is Cc1n(CCCOC(=O)C(O)c2ccccc2C2CCCCCC2)cc[n+]1Cc1ccccc1.[Br-]. The number of benzene rings is 2. The highest BCUT2D eigenvalue weighted by atomic mass is 79.9. The van der Waals surface area contributed by atoms with E-state index in [0.29, 0.717) is 17.9 Å². The van der Waals surface area contributed by atoms with Crippen molar-refractivity contribution in [3.05, 3.63) is 89.5 Å². The molecule has 188 valence electrons. The molecule has 5 nitrogen and oxygen atoms in total. The summed E-state index contributed by atoms with van der Waals surface area (Å²) in [5.74, 6) is 1.03. The first-order chi connectivity index (χ1) is 16.6. The summed E-state index contributed by atoms with van der Waals surface area (Å²) in [6, 6.07) is 18.2. The van der Waals surface area contributed by atoms with Gasteiger partial charge in [-0.25, -0.2) is 13.9 Å². The lowest BCUT2D eigenvalue weighted by atomic mass is 9.86. The quantitative estimate of drug-likeness (QED) is 0.196. The maximum atomic E-state index is 12.6. The Morgan fingerprint density at radius 2 is 1.74 bits per heavy atom. The third-order valence-electron chi connectivity index (χ3n) is 7.05. The fourth-order valence-electron chi connectivity index (χ4n) is 5.06. The summed E-state index contributed by atoms with van der Waals surface area (Å²) in [5, 5.41) is 10.8. The molecule has 1 aromatic heterocycles. The molecular weight excluding hydrogens is 504 g/mol. The van der Waals surface area contributed by atoms with Gasteiger partial charge in [-0.2, -0.15) is 0 Å². The molecule has 35 heavy (non-hydrogen) atoms. The Labute approximate surface area is 219 Å². The van der Waals surface area contributed by atoms with E-state index in [1.54, 1.807) is 0 Å². The molecule has 1 N–H and O–H groups in total. The number of nitrogens with zero attached hydrogens (tertiary/aromatic N) is 2. The number of aromatic nitrogens is 2. The van der Waals surface area contributed by atoms with Gasteiger partial charge in [0.05, 0.1) is 13.2 Å². The Morgan fingerprint density at radius 1 is 1.06 bits per heavy atom. The van der Waals surface area contributed by atoms with Crippen LogP contribution < -0.4 is 21.5 Å². The standard InChI is InChI=1S/C29H37N2O3.BrH/c1-23-30(19-20-31(23)22-24-12-5-4-6-13-24)18-11-21-34-29(33)28(32)27-17-10-9-16-26(27)25-14-7-2-3-8-15-25;/h4-6,9-10,12-13,16-17,19-20,25,28,32H,2-3,7-8,11,14-15,18,21-22H2,1H3;1H/q+1;/p-1. The minimum absolute atomic E-state index is 0. The monoisotopic (exact) mass is 540 g/mol. The van der Waals surface area contributed by atoms with Crippen LogP contribution in [0.2, 0.25) is 0 Å². The number of imidazole rings is 1. The van der Waals surface area contributed by atoms with Crippen molar-refractivity contribution in [1.29, 1.82) is 0 Å². The maximum Gasteiger partial charge on any atom is 0.339 e. The van der Waals surface area contributed by atoms with Gasteiger partial charge in [-0.3, -0.25) is 0 Å². The molecule has 3 aromatic rings. The van der Waals surface area contributed by atoms with Crippen LogP contribution in [0, 0.1) is 6.92 Å². The van der Waals surface area contributed by atoms with Crippen molar-refractivity contribution in [3.8, 4) is 0 Å². The predicted octanol–water partition coefficient (Wildman–Crippen LogP) is 2.24. The summed E-state index contributed by atoms with van der Waals surface area (Å²) in [4.78, 5) is 12.6. The Kier molecular flexibility index (Phi) is 10.5. The van der Waals surface area contributed by atoms with Crippen molar-refractivity contribution in [2.75, 3.05) is 6.61 Å². The molecule has 0 spiro atoms. The first kappa shape index (κ1) is 27.2. The van der Waals surface area contributed by atoms with E-state index in [0.717, 1.165) is 37.3 Å². The average Bonchev–Trinajstić information content (AvgIpc) is 3.05. The van der Waals surface area contributed by atoms with Crippen molar-refractivity contribution in [2.45, 2.75) is 77.0 Å². The number of aliphatic hydroxyl groups is 1. The predicted molar refractivity (Wildman–Crippen MR) is 132 cm³/mol. The van der Waals surface area contributed by atoms with Gasteiger partial charge in [-0.15, -0.1) is 0 Å². The van der Waals surface area contributed by atoms with Crippen LogP contribution in [-0.4, -0.2) is 22.2 Å². The highest BCUT2D eigenvalue weighted by Crippen LogP contribution is 2.35. The molecule has 1 unspecified atom stereocenters. The van der Waals surface area contributed by atoms with Gasteiger partial charge in [-0.05, 0) is 35.4 Å². The van der Waals surface area contributed by atoms with Crippen LogP contribution in [0.3, 0.4) is 0 Å². The van der Waals surface area contributed by atoms with Crippen LogP contribution in [0.15, 0.2) is 67.0 Å². The van der Waals surface area contributed by atoms with E-state index in [9.17, 15) is 9.90 Å². The van der Waals surface area contributed by atoms with Gasteiger partial charge in [0.2, 0.25) is 0 Å². The largest absolute Gasteiger partial charge is 1.00 e. The fourth-order valence-corrected chi connectivity index (χ4v) is 5.06. The molecule has 1 saturated carbocycles. The second-order valence-electron chi connectivity index (χ2n) is 9.39. The summed E-state index contributed by atoms with van der Waals surface area (Å²) < 4.78 is 9.87. The number of carbonyl (C=O) groups is 1. The Bertz CT molecular complexity index is 1060. The van der Waals surface area contributed by atoms with Crippen LogP contribution in [0.4, 0.5) is 0 Å². The van der Waals surface area contributed by atoms with Gasteiger partial charge in [0.25, 0.3) is 5.82 Å². The molecule has 6 heteroatoms. The lowest BCUT2D eigenvalue weighted by Crippen LogP contribution is -3.00. The number of esters is 1. The van der Waals surface area contributed by atoms with E-state index >= 15 is 0 Å². The highest BCUT2D eigenvalue weighted by molar-refractivity contribution is 5.76. The zero-order chi connectivity index (χ0) is 23.8. The van der Waals surface area contributed by atoms with Crippen molar-refractivity contribution in [3.63, 3.8) is 0 Å². The van der Waals surface area contributed by atoms with E-state index in [1.807, 2.05) is 24.3 Å². The van der Waals surface area contributed by atoms with Gasteiger partial charge in [-0.1, -0.05) is 80.3 Å². The zero-order valence-corrected chi connectivity index (χ0v) is 22.2. The number of carbonyl (C=O) groups excluding carboxylic acids is 1. The molecule has 4 rings (SSSR count). The second kappa shape index (κ2) is 13.6. The molecule has 1 aliphatic carbocycles. The van der Waals surface area contributed by atoms with Crippen molar-refractivity contribution < 1.29 is 36.2 Å². The third kappa shape index (κ3) is 7.28. The summed E-state index contributed by atoms with van der Waals surface area (Å²) in [6.45, 7) is 3.98. The van der Waals surface area contributed by atoms with Crippen molar-refractivity contribution >= 4 is 5.97 Å². The van der Waals surface area contributed by atoms with E-state index in [4.69, 9.17) is 4.74 Å². The molecule has 1 fully saturated rings. The summed E-state index contributed by atoms with van der Waals surface area (Å²) in [7, 11) is 0. The average molecular weight is 542 g/mol. The van der Waals surface area contributed by atoms with Crippen molar-refractivity contribution in [1.82, 2.24) is 4.57 Å². The van der Waals surface area contributed by atoms with E-state index < -0.39 is 12.1 Å². The van der Waals surface area contributed by atoms with Gasteiger partial charge < -0.3 is 26.8 Å². The first-order valence-corrected chi connectivity index (χ1v) is 12.7. The van der Waals surface area contributed by atoms with Crippen molar-refractivity contribution in [2.24, 2.45) is 0 Å². The number of aliphatic hydroxyl groups excluding tert-OH is 1. The summed E-state index contributed by atoms with van der Waals surface area (Å²) >= 11 is 0. The van der Waals surface area contributed by atoms with Gasteiger partial charge in [0.1, 0.15) is 18.9 Å².